The Morgan fingerprint density at radius 2 is 1.67 bits per heavy atom. The van der Waals surface area contributed by atoms with Crippen LogP contribution in [-0.4, -0.2) is 0 Å². The van der Waals surface area contributed by atoms with Crippen molar-refractivity contribution < 1.29 is 0 Å². The van der Waals surface area contributed by atoms with Gasteiger partial charge in [-0.2, -0.15) is 0 Å². The molecule has 0 heteroatoms. The number of rotatable bonds is 5. The Hall–Kier alpha value is -1.82. The molecule has 0 fully saturated rings. The predicted molar refractivity (Wildman–Crippen MR) is 78.9 cm³/mol. The first-order valence-electron chi connectivity index (χ1n) is 6.54. The molecule has 0 heterocycles. The molecule has 0 aromatic heterocycles. The van der Waals surface area contributed by atoms with Crippen molar-refractivity contribution in [2.75, 3.05) is 0 Å². The summed E-state index contributed by atoms with van der Waals surface area (Å²) in [6, 6.07) is 19.4. The first kappa shape index (κ1) is 12.6. The Kier molecular flexibility index (Phi) is 4.35. The predicted octanol–water partition coefficient (Wildman–Crippen LogP) is 5.09. The van der Waals surface area contributed by atoms with Gasteiger partial charge < -0.3 is 0 Å². The highest BCUT2D eigenvalue weighted by Crippen LogP contribution is 2.31. The van der Waals surface area contributed by atoms with Crippen molar-refractivity contribution in [1.29, 1.82) is 0 Å². The molecule has 0 nitrogen and oxygen atoms in total. The third-order valence-electron chi connectivity index (χ3n) is 3.43. The lowest BCUT2D eigenvalue weighted by atomic mass is 9.85. The van der Waals surface area contributed by atoms with Crippen LogP contribution in [0.5, 0.6) is 0 Å². The SMILES string of the molecule is C=CCCC(c1ccccc1)c1ccccc1C. The average Bonchev–Trinajstić information content (AvgIpc) is 2.42. The molecule has 0 amide bonds. The highest BCUT2D eigenvalue weighted by molar-refractivity contribution is 5.37. The van der Waals surface area contributed by atoms with Crippen LogP contribution in [0.15, 0.2) is 67.3 Å². The van der Waals surface area contributed by atoms with Crippen LogP contribution in [0.25, 0.3) is 0 Å². The van der Waals surface area contributed by atoms with Gasteiger partial charge in [0, 0.05) is 5.92 Å². The van der Waals surface area contributed by atoms with E-state index in [0.29, 0.717) is 5.92 Å². The molecule has 0 bridgehead atoms. The van der Waals surface area contributed by atoms with Gasteiger partial charge in [-0.3, -0.25) is 0 Å². The minimum Gasteiger partial charge on any atom is -0.103 e. The topological polar surface area (TPSA) is 0 Å². The van der Waals surface area contributed by atoms with Crippen LogP contribution in [-0.2, 0) is 0 Å². The second-order valence-electron chi connectivity index (χ2n) is 4.69. The molecule has 1 unspecified atom stereocenters. The summed E-state index contributed by atoms with van der Waals surface area (Å²) in [5.41, 5.74) is 4.20. The van der Waals surface area contributed by atoms with Crippen molar-refractivity contribution in [3.8, 4) is 0 Å². The summed E-state index contributed by atoms with van der Waals surface area (Å²) >= 11 is 0. The van der Waals surface area contributed by atoms with Gasteiger partial charge in [-0.05, 0) is 36.5 Å². The van der Waals surface area contributed by atoms with E-state index in [1.165, 1.54) is 16.7 Å². The molecule has 0 spiro atoms. The zero-order valence-corrected chi connectivity index (χ0v) is 11.0. The fourth-order valence-corrected chi connectivity index (χ4v) is 2.45. The molecule has 0 saturated heterocycles. The van der Waals surface area contributed by atoms with Gasteiger partial charge in [0.1, 0.15) is 0 Å². The molecule has 1 atom stereocenters. The lowest BCUT2D eigenvalue weighted by Crippen LogP contribution is -2.02. The van der Waals surface area contributed by atoms with E-state index in [4.69, 9.17) is 0 Å². The number of hydrogen-bond acceptors (Lipinski definition) is 0. The Balaban J connectivity index is 2.37. The van der Waals surface area contributed by atoms with E-state index in [2.05, 4.69) is 68.1 Å². The van der Waals surface area contributed by atoms with Crippen molar-refractivity contribution in [1.82, 2.24) is 0 Å². The molecule has 0 N–H and O–H groups in total. The third kappa shape index (κ3) is 2.89. The van der Waals surface area contributed by atoms with Crippen LogP contribution in [0.4, 0.5) is 0 Å². The smallest absolute Gasteiger partial charge is 0.00949 e. The van der Waals surface area contributed by atoms with Crippen LogP contribution in [0.3, 0.4) is 0 Å². The van der Waals surface area contributed by atoms with E-state index in [1.807, 2.05) is 6.08 Å². The zero-order chi connectivity index (χ0) is 12.8. The fraction of sp³-hybridized carbons (Fsp3) is 0.222. The summed E-state index contributed by atoms with van der Waals surface area (Å²) in [7, 11) is 0. The number of allylic oxidation sites excluding steroid dienone is 1. The first-order chi connectivity index (χ1) is 8.83. The minimum absolute atomic E-state index is 0.477. The van der Waals surface area contributed by atoms with Crippen molar-refractivity contribution in [2.24, 2.45) is 0 Å². The van der Waals surface area contributed by atoms with E-state index < -0.39 is 0 Å². The second-order valence-corrected chi connectivity index (χ2v) is 4.69. The van der Waals surface area contributed by atoms with Gasteiger partial charge in [0.05, 0.1) is 0 Å². The zero-order valence-electron chi connectivity index (χ0n) is 11.0. The molecule has 0 saturated carbocycles. The monoisotopic (exact) mass is 236 g/mol. The minimum atomic E-state index is 0.477. The normalized spacial score (nSPS) is 12.1. The van der Waals surface area contributed by atoms with Crippen molar-refractivity contribution >= 4 is 0 Å². The maximum Gasteiger partial charge on any atom is 0.00949 e. The first-order valence-corrected chi connectivity index (χ1v) is 6.54. The van der Waals surface area contributed by atoms with Gasteiger partial charge in [0.25, 0.3) is 0 Å². The molecule has 0 aliphatic heterocycles. The van der Waals surface area contributed by atoms with Gasteiger partial charge >= 0.3 is 0 Å². The van der Waals surface area contributed by atoms with Crippen LogP contribution in [0, 0.1) is 6.92 Å². The highest BCUT2D eigenvalue weighted by atomic mass is 14.2. The summed E-state index contributed by atoms with van der Waals surface area (Å²) in [5, 5.41) is 0. The van der Waals surface area contributed by atoms with Crippen LogP contribution >= 0.6 is 0 Å². The van der Waals surface area contributed by atoms with Crippen LogP contribution in [0.1, 0.15) is 35.4 Å². The van der Waals surface area contributed by atoms with E-state index in [9.17, 15) is 0 Å². The molecule has 0 aliphatic carbocycles. The number of benzene rings is 2. The second kappa shape index (κ2) is 6.20. The van der Waals surface area contributed by atoms with Gasteiger partial charge in [0.15, 0.2) is 0 Å². The third-order valence-corrected chi connectivity index (χ3v) is 3.43. The molecule has 2 aromatic carbocycles. The molecule has 2 rings (SSSR count). The van der Waals surface area contributed by atoms with Gasteiger partial charge in [-0.15, -0.1) is 6.58 Å². The Labute approximate surface area is 110 Å². The van der Waals surface area contributed by atoms with Crippen molar-refractivity contribution in [3.63, 3.8) is 0 Å². The van der Waals surface area contributed by atoms with E-state index in [-0.39, 0.29) is 0 Å². The molecule has 2 aromatic rings. The Morgan fingerprint density at radius 3 is 2.33 bits per heavy atom. The Bertz CT molecular complexity index is 496. The van der Waals surface area contributed by atoms with Crippen LogP contribution in [0.2, 0.25) is 0 Å². The fourth-order valence-electron chi connectivity index (χ4n) is 2.45. The molecule has 92 valence electrons. The maximum absolute atomic E-state index is 3.84. The number of aryl methyl sites for hydroxylation is 1. The van der Waals surface area contributed by atoms with E-state index in [1.54, 1.807) is 0 Å². The Morgan fingerprint density at radius 1 is 1.00 bits per heavy atom. The molecule has 18 heavy (non-hydrogen) atoms. The molecular weight excluding hydrogens is 216 g/mol. The summed E-state index contributed by atoms with van der Waals surface area (Å²) in [6.45, 7) is 6.04. The van der Waals surface area contributed by atoms with E-state index >= 15 is 0 Å². The summed E-state index contributed by atoms with van der Waals surface area (Å²) in [4.78, 5) is 0. The highest BCUT2D eigenvalue weighted by Gasteiger charge is 2.14. The quantitative estimate of drug-likeness (QED) is 0.634. The van der Waals surface area contributed by atoms with E-state index in [0.717, 1.165) is 12.8 Å². The van der Waals surface area contributed by atoms with Crippen molar-refractivity contribution in [2.45, 2.75) is 25.7 Å². The standard InChI is InChI=1S/C18H20/c1-3-4-13-18(16-11-6-5-7-12-16)17-14-9-8-10-15(17)2/h3,5-12,14,18H,1,4,13H2,2H3. The average molecular weight is 236 g/mol. The molecule has 0 radical (unpaired) electrons. The molecular formula is C18H20. The summed E-state index contributed by atoms with van der Waals surface area (Å²) in [5.74, 6) is 0.477. The lowest BCUT2D eigenvalue weighted by Gasteiger charge is -2.19. The van der Waals surface area contributed by atoms with Gasteiger partial charge in [-0.1, -0.05) is 60.7 Å². The van der Waals surface area contributed by atoms with Gasteiger partial charge in [0.2, 0.25) is 0 Å². The largest absolute Gasteiger partial charge is 0.103 e. The number of hydrogen-bond donors (Lipinski definition) is 0. The van der Waals surface area contributed by atoms with Gasteiger partial charge in [-0.25, -0.2) is 0 Å². The van der Waals surface area contributed by atoms with Crippen LogP contribution < -0.4 is 0 Å². The molecule has 0 aliphatic rings. The lowest BCUT2D eigenvalue weighted by molar-refractivity contribution is 0.724. The summed E-state index contributed by atoms with van der Waals surface area (Å²) in [6.07, 6.45) is 4.18. The van der Waals surface area contributed by atoms with Crippen molar-refractivity contribution in [3.05, 3.63) is 83.9 Å². The maximum atomic E-state index is 3.84. The summed E-state index contributed by atoms with van der Waals surface area (Å²) < 4.78 is 0.